The molecule has 0 radical (unpaired) electrons. The van der Waals surface area contributed by atoms with E-state index in [2.05, 4.69) is 10.1 Å². The van der Waals surface area contributed by atoms with Crippen LogP contribution in [0.25, 0.3) is 0 Å². The summed E-state index contributed by atoms with van der Waals surface area (Å²) in [5.74, 6) is 0.690. The van der Waals surface area contributed by atoms with Gasteiger partial charge in [-0.3, -0.25) is 9.59 Å². The normalized spacial score (nSPS) is 17.7. The molecule has 32 heavy (non-hydrogen) atoms. The number of rotatable bonds is 6. The van der Waals surface area contributed by atoms with Gasteiger partial charge in [0.1, 0.15) is 29.6 Å². The summed E-state index contributed by atoms with van der Waals surface area (Å²) in [6.45, 7) is 2.40. The number of pyridine rings is 1. The van der Waals surface area contributed by atoms with E-state index < -0.39 is 11.9 Å². The third-order valence-corrected chi connectivity index (χ3v) is 5.58. The van der Waals surface area contributed by atoms with Crippen LogP contribution in [0.3, 0.4) is 0 Å². The molecule has 0 N–H and O–H groups in total. The molecular weight excluding hydrogens is 417 g/mol. The average molecular weight is 437 g/mol. The zero-order valence-electron chi connectivity index (χ0n) is 17.3. The molecule has 5 rings (SSSR count). The summed E-state index contributed by atoms with van der Waals surface area (Å²) in [6.07, 6.45) is 1.92. The fourth-order valence-electron chi connectivity index (χ4n) is 3.99. The molecule has 9 heteroatoms. The third kappa shape index (κ3) is 3.81. The molecule has 8 nitrogen and oxygen atoms in total. The van der Waals surface area contributed by atoms with Crippen molar-refractivity contribution in [2.75, 3.05) is 11.4 Å². The zero-order chi connectivity index (χ0) is 22.2. The van der Waals surface area contributed by atoms with Crippen LogP contribution in [-0.4, -0.2) is 34.5 Å². The fraction of sp³-hybridized carbons (Fsp3) is 0.304. The van der Waals surface area contributed by atoms with Gasteiger partial charge in [-0.2, -0.15) is 0 Å². The number of ether oxygens (including phenoxy) is 2. The number of amides is 1. The molecule has 2 aliphatic rings. The van der Waals surface area contributed by atoms with Crippen molar-refractivity contribution in [1.82, 2.24) is 10.1 Å². The Hall–Kier alpha value is -3.75. The number of carbonyl (C=O) groups is 2. The Morgan fingerprint density at radius 2 is 2.09 bits per heavy atom. The molecular formula is C23H20FN3O5. The van der Waals surface area contributed by atoms with Crippen molar-refractivity contribution in [1.29, 1.82) is 0 Å². The molecule has 1 amide bonds. The van der Waals surface area contributed by atoms with Crippen LogP contribution in [-0.2, 0) is 17.8 Å². The summed E-state index contributed by atoms with van der Waals surface area (Å²) in [6, 6.07) is 8.01. The lowest BCUT2D eigenvalue weighted by molar-refractivity contribution is -0.122. The number of hydrogen-bond donors (Lipinski definition) is 0. The van der Waals surface area contributed by atoms with Crippen molar-refractivity contribution in [2.45, 2.75) is 38.9 Å². The number of anilines is 1. The van der Waals surface area contributed by atoms with Crippen LogP contribution in [0, 0.1) is 12.7 Å². The third-order valence-electron chi connectivity index (χ3n) is 5.58. The topological polar surface area (TPSA) is 94.8 Å². The fourth-order valence-corrected chi connectivity index (χ4v) is 3.99. The van der Waals surface area contributed by atoms with E-state index >= 15 is 0 Å². The van der Waals surface area contributed by atoms with Crippen molar-refractivity contribution in [3.63, 3.8) is 0 Å². The molecule has 1 aliphatic carbocycles. The van der Waals surface area contributed by atoms with E-state index in [0.717, 1.165) is 0 Å². The minimum atomic E-state index is -0.714. The molecule has 164 valence electrons. The first kappa shape index (κ1) is 20.2. The number of carbonyl (C=O) groups excluding carboxylic acids is 2. The van der Waals surface area contributed by atoms with Crippen molar-refractivity contribution in [3.8, 4) is 11.6 Å². The second kappa shape index (κ2) is 8.07. The molecule has 1 fully saturated rings. The SMILES string of the molecule is Cc1cc(COc2ccc(O[C@@H]3CCN(c4cc(F)c5c(c4)C(=O)CC5)C3=O)cn2)no1. The second-order valence-corrected chi connectivity index (χ2v) is 7.81. The lowest BCUT2D eigenvalue weighted by Crippen LogP contribution is -2.32. The van der Waals surface area contributed by atoms with Crippen LogP contribution in [0.1, 0.15) is 40.2 Å². The molecule has 1 atom stereocenters. The van der Waals surface area contributed by atoms with Gasteiger partial charge in [0.2, 0.25) is 5.88 Å². The maximum atomic E-state index is 14.4. The number of halogens is 1. The molecule has 1 aliphatic heterocycles. The Balaban J connectivity index is 1.22. The smallest absolute Gasteiger partial charge is 0.268 e. The summed E-state index contributed by atoms with van der Waals surface area (Å²) in [5, 5.41) is 3.85. The van der Waals surface area contributed by atoms with E-state index in [4.69, 9.17) is 14.0 Å². The van der Waals surface area contributed by atoms with Gasteiger partial charge in [0.25, 0.3) is 5.91 Å². The molecule has 0 spiro atoms. The van der Waals surface area contributed by atoms with Gasteiger partial charge in [-0.15, -0.1) is 0 Å². The predicted octanol–water partition coefficient (Wildman–Crippen LogP) is 3.41. The Bertz CT molecular complexity index is 1190. The zero-order valence-corrected chi connectivity index (χ0v) is 17.3. The van der Waals surface area contributed by atoms with Gasteiger partial charge in [0.15, 0.2) is 11.9 Å². The summed E-state index contributed by atoms with van der Waals surface area (Å²) in [5.41, 5.74) is 1.85. The summed E-state index contributed by atoms with van der Waals surface area (Å²) < 4.78 is 30.8. The Morgan fingerprint density at radius 3 is 2.84 bits per heavy atom. The molecule has 1 saturated heterocycles. The van der Waals surface area contributed by atoms with E-state index in [1.165, 1.54) is 17.2 Å². The van der Waals surface area contributed by atoms with Crippen LogP contribution in [0.5, 0.6) is 11.6 Å². The highest BCUT2D eigenvalue weighted by Gasteiger charge is 2.36. The lowest BCUT2D eigenvalue weighted by Gasteiger charge is -2.18. The van der Waals surface area contributed by atoms with Gasteiger partial charge < -0.3 is 18.9 Å². The number of fused-ring (bicyclic) bond motifs is 1. The summed E-state index contributed by atoms with van der Waals surface area (Å²) in [4.78, 5) is 30.5. The highest BCUT2D eigenvalue weighted by Crippen LogP contribution is 2.32. The number of benzene rings is 1. The van der Waals surface area contributed by atoms with Crippen LogP contribution in [0.4, 0.5) is 10.1 Å². The Kier molecular flexibility index (Phi) is 5.08. The van der Waals surface area contributed by atoms with Gasteiger partial charge in [-0.25, -0.2) is 9.37 Å². The Labute approximate surface area is 182 Å². The van der Waals surface area contributed by atoms with Gasteiger partial charge >= 0.3 is 0 Å². The van der Waals surface area contributed by atoms with E-state index in [9.17, 15) is 14.0 Å². The van der Waals surface area contributed by atoms with Crippen molar-refractivity contribution < 1.29 is 28.0 Å². The number of Topliss-reactive ketones (excluding diaryl/α,β-unsaturated/α-hetero) is 1. The highest BCUT2D eigenvalue weighted by molar-refractivity contribution is 6.04. The standard InChI is InChI=1S/C23H20FN3O5/c1-13-8-14(26-32-13)12-30-22-5-2-16(11-25-22)31-21-6-7-27(23(21)29)15-9-18-17(19(24)10-15)3-4-20(18)28/h2,5,8-11,21H,3-4,6-7,12H2,1H3/t21-/m1/s1. The van der Waals surface area contributed by atoms with Crippen LogP contribution < -0.4 is 14.4 Å². The largest absolute Gasteiger partial charge is 0.479 e. The molecule has 3 heterocycles. The second-order valence-electron chi connectivity index (χ2n) is 7.81. The van der Waals surface area contributed by atoms with Crippen LogP contribution >= 0.6 is 0 Å². The number of ketones is 1. The first-order valence-corrected chi connectivity index (χ1v) is 10.3. The molecule has 0 saturated carbocycles. The molecule has 2 aromatic heterocycles. The quantitative estimate of drug-likeness (QED) is 0.583. The van der Waals surface area contributed by atoms with E-state index in [-0.39, 0.29) is 18.3 Å². The van der Waals surface area contributed by atoms with Crippen molar-refractivity contribution in [3.05, 3.63) is 64.9 Å². The summed E-state index contributed by atoms with van der Waals surface area (Å²) >= 11 is 0. The van der Waals surface area contributed by atoms with Gasteiger partial charge in [0, 0.05) is 42.8 Å². The van der Waals surface area contributed by atoms with Crippen molar-refractivity contribution >= 4 is 17.4 Å². The highest BCUT2D eigenvalue weighted by atomic mass is 19.1. The van der Waals surface area contributed by atoms with E-state index in [1.807, 2.05) is 0 Å². The van der Waals surface area contributed by atoms with Gasteiger partial charge in [-0.1, -0.05) is 5.16 Å². The average Bonchev–Trinajstić information content (AvgIpc) is 3.47. The number of hydrogen-bond acceptors (Lipinski definition) is 7. The van der Waals surface area contributed by atoms with E-state index in [1.54, 1.807) is 31.2 Å². The molecule has 0 bridgehead atoms. The molecule has 3 aromatic rings. The van der Waals surface area contributed by atoms with Crippen LogP contribution in [0.15, 0.2) is 41.1 Å². The molecule has 1 aromatic carbocycles. The van der Waals surface area contributed by atoms with Gasteiger partial charge in [0.05, 0.1) is 6.20 Å². The first-order valence-electron chi connectivity index (χ1n) is 10.3. The predicted molar refractivity (Wildman–Crippen MR) is 110 cm³/mol. The number of aryl methyl sites for hydroxylation is 1. The minimum Gasteiger partial charge on any atom is -0.479 e. The maximum absolute atomic E-state index is 14.4. The lowest BCUT2D eigenvalue weighted by atomic mass is 10.1. The molecule has 0 unspecified atom stereocenters. The van der Waals surface area contributed by atoms with Gasteiger partial charge in [-0.05, 0) is 37.1 Å². The first-order chi connectivity index (χ1) is 15.5. The maximum Gasteiger partial charge on any atom is 0.268 e. The monoisotopic (exact) mass is 437 g/mol. The minimum absolute atomic E-state index is 0.0905. The van der Waals surface area contributed by atoms with Crippen molar-refractivity contribution in [2.24, 2.45) is 0 Å². The Morgan fingerprint density at radius 1 is 1.22 bits per heavy atom. The van der Waals surface area contributed by atoms with E-state index in [0.29, 0.717) is 65.7 Å². The number of aromatic nitrogens is 2. The number of nitrogens with zero attached hydrogens (tertiary/aromatic N) is 3. The van der Waals surface area contributed by atoms with Crippen LogP contribution in [0.2, 0.25) is 0 Å². The summed E-state index contributed by atoms with van der Waals surface area (Å²) in [7, 11) is 0.